The second kappa shape index (κ2) is 52.2. The van der Waals surface area contributed by atoms with Crippen LogP contribution in [0.4, 0.5) is 0 Å². The molecule has 6 nitrogen and oxygen atoms in total. The van der Waals surface area contributed by atoms with Crippen LogP contribution >= 0.6 is 0 Å². The first-order valence-electron chi connectivity index (χ1n) is 30.1. The highest BCUT2D eigenvalue weighted by Crippen LogP contribution is 2.19. The van der Waals surface area contributed by atoms with Crippen molar-refractivity contribution in [3.05, 3.63) is 0 Å². The summed E-state index contributed by atoms with van der Waals surface area (Å²) in [6, 6.07) is 0. The van der Waals surface area contributed by atoms with Gasteiger partial charge in [-0.2, -0.15) is 0 Å². The van der Waals surface area contributed by atoms with Gasteiger partial charge in [-0.1, -0.05) is 298 Å². The molecule has 0 radical (unpaired) electrons. The van der Waals surface area contributed by atoms with Crippen LogP contribution in [0.3, 0.4) is 0 Å². The van der Waals surface area contributed by atoms with E-state index in [1.54, 1.807) is 0 Å². The van der Waals surface area contributed by atoms with Gasteiger partial charge >= 0.3 is 17.9 Å². The van der Waals surface area contributed by atoms with Crippen molar-refractivity contribution in [1.82, 2.24) is 0 Å². The maximum Gasteiger partial charge on any atom is 0.306 e. The summed E-state index contributed by atoms with van der Waals surface area (Å²) in [5.74, 6) is 1.67. The Labute approximate surface area is 418 Å². The maximum absolute atomic E-state index is 12.9. The van der Waals surface area contributed by atoms with E-state index in [1.807, 2.05) is 0 Å². The minimum atomic E-state index is -0.764. The minimum Gasteiger partial charge on any atom is -0.462 e. The van der Waals surface area contributed by atoms with Crippen molar-refractivity contribution in [2.45, 2.75) is 343 Å². The predicted molar refractivity (Wildman–Crippen MR) is 289 cm³/mol. The Morgan fingerprint density at radius 3 is 0.642 bits per heavy atom. The maximum atomic E-state index is 12.9. The van der Waals surface area contributed by atoms with Crippen molar-refractivity contribution >= 4 is 17.9 Å². The smallest absolute Gasteiger partial charge is 0.306 e. The third-order valence-corrected chi connectivity index (χ3v) is 13.9. The van der Waals surface area contributed by atoms with Crippen molar-refractivity contribution in [2.24, 2.45) is 17.8 Å². The number of unbranched alkanes of at least 4 members (excludes halogenated alkanes) is 37. The first kappa shape index (κ1) is 65.4. The van der Waals surface area contributed by atoms with E-state index in [0.29, 0.717) is 19.3 Å². The normalized spacial score (nSPS) is 12.1. The Morgan fingerprint density at radius 2 is 0.433 bits per heavy atom. The highest BCUT2D eigenvalue weighted by atomic mass is 16.6. The van der Waals surface area contributed by atoms with Crippen LogP contribution in [-0.4, -0.2) is 37.2 Å². The van der Waals surface area contributed by atoms with Gasteiger partial charge in [0, 0.05) is 19.3 Å². The number of hydrogen-bond acceptors (Lipinski definition) is 6. The molecule has 0 aliphatic rings. The minimum absolute atomic E-state index is 0.0633. The fraction of sp³-hybridized carbons (Fsp3) is 0.951. The summed E-state index contributed by atoms with van der Waals surface area (Å²) in [6.45, 7) is 13.8. The van der Waals surface area contributed by atoms with E-state index in [-0.39, 0.29) is 31.1 Å². The molecule has 0 aromatic carbocycles. The van der Waals surface area contributed by atoms with Crippen LogP contribution < -0.4 is 0 Å². The van der Waals surface area contributed by atoms with Gasteiger partial charge in [-0.25, -0.2) is 0 Å². The van der Waals surface area contributed by atoms with E-state index < -0.39 is 6.10 Å². The van der Waals surface area contributed by atoms with Crippen molar-refractivity contribution < 1.29 is 28.6 Å². The Hall–Kier alpha value is -1.59. The molecule has 0 aromatic heterocycles. The van der Waals surface area contributed by atoms with Crippen LogP contribution in [0.5, 0.6) is 0 Å². The van der Waals surface area contributed by atoms with E-state index in [9.17, 15) is 14.4 Å². The molecule has 6 heteroatoms. The van der Waals surface area contributed by atoms with Crippen LogP contribution in [0.25, 0.3) is 0 Å². The molecule has 0 saturated carbocycles. The molecule has 0 N–H and O–H groups in total. The second-order valence-electron chi connectivity index (χ2n) is 22.4. The molecule has 0 unspecified atom stereocenters. The monoisotopic (exact) mass is 947 g/mol. The van der Waals surface area contributed by atoms with Crippen LogP contribution in [0.2, 0.25) is 0 Å². The van der Waals surface area contributed by atoms with E-state index in [0.717, 1.165) is 75.5 Å². The molecule has 0 aliphatic heterocycles. The van der Waals surface area contributed by atoms with Crippen molar-refractivity contribution in [2.75, 3.05) is 13.2 Å². The average Bonchev–Trinajstić information content (AvgIpc) is 3.29. The average molecular weight is 948 g/mol. The lowest BCUT2D eigenvalue weighted by atomic mass is 10.0. The van der Waals surface area contributed by atoms with E-state index in [4.69, 9.17) is 14.2 Å². The lowest BCUT2D eigenvalue weighted by molar-refractivity contribution is -0.167. The Morgan fingerprint density at radius 1 is 0.254 bits per heavy atom. The zero-order chi connectivity index (χ0) is 49.1. The molecule has 0 aliphatic carbocycles. The number of ether oxygens (including phenoxy) is 3. The Bertz CT molecular complexity index is 1040. The fourth-order valence-electron chi connectivity index (χ4n) is 9.35. The topological polar surface area (TPSA) is 78.9 Å². The van der Waals surface area contributed by atoms with Crippen LogP contribution in [0.1, 0.15) is 337 Å². The molecule has 0 heterocycles. The SMILES string of the molecule is CC(C)CCCCCCCCCCCCCCCCCCCCC(=O)OC[C@H](COC(=O)CCCCCCCCCCCCC(C)C)OC(=O)CCCCCCCCCCCCCCC(C)C. The molecule has 398 valence electrons. The Balaban J connectivity index is 4.25. The molecule has 0 rings (SSSR count). The van der Waals surface area contributed by atoms with Crippen molar-refractivity contribution in [1.29, 1.82) is 0 Å². The standard InChI is InChI=1S/C61H118O6/c1-55(2)47-41-35-29-23-17-13-11-9-7-8-10-12-14-19-26-32-38-44-50-59(62)65-53-58(54-66-60(63)51-45-39-33-27-22-21-25-31-37-43-49-57(5)6)67-61(64)52-46-40-34-28-20-16-15-18-24-30-36-42-48-56(3)4/h55-58H,7-54H2,1-6H3/t58-/m1/s1. The van der Waals surface area contributed by atoms with Gasteiger partial charge in [0.15, 0.2) is 6.10 Å². The lowest BCUT2D eigenvalue weighted by Gasteiger charge is -2.18. The first-order valence-corrected chi connectivity index (χ1v) is 30.1. The molecule has 67 heavy (non-hydrogen) atoms. The van der Waals surface area contributed by atoms with Gasteiger partial charge in [-0.3, -0.25) is 14.4 Å². The van der Waals surface area contributed by atoms with E-state index in [1.165, 1.54) is 218 Å². The third kappa shape index (κ3) is 55.2. The molecule has 0 bridgehead atoms. The number of rotatable bonds is 54. The Kier molecular flexibility index (Phi) is 51.0. The highest BCUT2D eigenvalue weighted by Gasteiger charge is 2.19. The van der Waals surface area contributed by atoms with E-state index in [2.05, 4.69) is 41.5 Å². The van der Waals surface area contributed by atoms with Gasteiger partial charge < -0.3 is 14.2 Å². The number of hydrogen-bond donors (Lipinski definition) is 0. The van der Waals surface area contributed by atoms with Crippen LogP contribution in [0.15, 0.2) is 0 Å². The predicted octanol–water partition coefficient (Wildman–Crippen LogP) is 19.9. The summed E-state index contributed by atoms with van der Waals surface area (Å²) in [5.41, 5.74) is 0. The molecule has 0 spiro atoms. The molecule has 0 aromatic rings. The van der Waals surface area contributed by atoms with Gasteiger partial charge in [-0.05, 0) is 37.0 Å². The molecule has 0 fully saturated rings. The molecule has 1 atom stereocenters. The van der Waals surface area contributed by atoms with Crippen LogP contribution in [-0.2, 0) is 28.6 Å². The summed E-state index contributed by atoms with van der Waals surface area (Å²) >= 11 is 0. The van der Waals surface area contributed by atoms with Gasteiger partial charge in [-0.15, -0.1) is 0 Å². The molecular weight excluding hydrogens is 829 g/mol. The molecule has 0 amide bonds. The number of carbonyl (C=O) groups excluding carboxylic acids is 3. The van der Waals surface area contributed by atoms with E-state index >= 15 is 0 Å². The van der Waals surface area contributed by atoms with Crippen molar-refractivity contribution in [3.8, 4) is 0 Å². The summed E-state index contributed by atoms with van der Waals surface area (Å²) in [6.07, 6.45) is 55.3. The van der Waals surface area contributed by atoms with Gasteiger partial charge in [0.2, 0.25) is 0 Å². The summed E-state index contributed by atoms with van der Waals surface area (Å²) in [5, 5.41) is 0. The van der Waals surface area contributed by atoms with Crippen molar-refractivity contribution in [3.63, 3.8) is 0 Å². The second-order valence-corrected chi connectivity index (χ2v) is 22.4. The van der Waals surface area contributed by atoms with Crippen LogP contribution in [0, 0.1) is 17.8 Å². The van der Waals surface area contributed by atoms with Gasteiger partial charge in [0.1, 0.15) is 13.2 Å². The largest absolute Gasteiger partial charge is 0.462 e. The zero-order valence-corrected chi connectivity index (χ0v) is 46.2. The summed E-state index contributed by atoms with van der Waals surface area (Å²) < 4.78 is 16.9. The third-order valence-electron chi connectivity index (χ3n) is 13.9. The highest BCUT2D eigenvalue weighted by molar-refractivity contribution is 5.71. The lowest BCUT2D eigenvalue weighted by Crippen LogP contribution is -2.30. The molecular formula is C61H118O6. The number of esters is 3. The summed E-state index contributed by atoms with van der Waals surface area (Å²) in [7, 11) is 0. The fourth-order valence-corrected chi connectivity index (χ4v) is 9.35. The molecule has 0 saturated heterocycles. The number of carbonyl (C=O) groups is 3. The summed E-state index contributed by atoms with van der Waals surface area (Å²) in [4.78, 5) is 38.2. The van der Waals surface area contributed by atoms with Gasteiger partial charge in [0.25, 0.3) is 0 Å². The first-order chi connectivity index (χ1) is 32.6. The zero-order valence-electron chi connectivity index (χ0n) is 46.2. The van der Waals surface area contributed by atoms with Gasteiger partial charge in [0.05, 0.1) is 0 Å². The quantitative estimate of drug-likeness (QED) is 0.0343.